The van der Waals surface area contributed by atoms with Crippen molar-refractivity contribution in [3.05, 3.63) is 41.5 Å². The zero-order valence-electron chi connectivity index (χ0n) is 32.6. The normalized spacial score (nSPS) is 36.2. The molecule has 4 saturated carbocycles. The van der Waals surface area contributed by atoms with Crippen LogP contribution in [0.5, 0.6) is 0 Å². The Morgan fingerprint density at radius 2 is 1.64 bits per heavy atom. The molecule has 1 aromatic rings. The van der Waals surface area contributed by atoms with Crippen LogP contribution in [-0.4, -0.2) is 91.7 Å². The molecule has 5 aliphatic carbocycles. The summed E-state index contributed by atoms with van der Waals surface area (Å²) in [6, 6.07) is 7.62. The number of benzene rings is 1. The minimum absolute atomic E-state index is 0.0547. The van der Waals surface area contributed by atoms with Crippen LogP contribution in [-0.2, 0) is 15.5 Å². The molecule has 9 atom stereocenters. The fourth-order valence-corrected chi connectivity index (χ4v) is 13.6. The van der Waals surface area contributed by atoms with Gasteiger partial charge in [-0.1, -0.05) is 52.3 Å². The van der Waals surface area contributed by atoms with Gasteiger partial charge in [0.05, 0.1) is 12.2 Å². The predicted octanol–water partition coefficient (Wildman–Crippen LogP) is 7.35. The van der Waals surface area contributed by atoms with E-state index >= 15 is 0 Å². The first-order valence-electron chi connectivity index (χ1n) is 19.7. The molecule has 6 rings (SSSR count). The molecule has 0 saturated heterocycles. The molecule has 1 aromatic carbocycles. The van der Waals surface area contributed by atoms with Gasteiger partial charge in [-0.25, -0.2) is 4.79 Å². The van der Waals surface area contributed by atoms with Crippen molar-refractivity contribution in [3.8, 4) is 0 Å². The second kappa shape index (κ2) is 16.2. The van der Waals surface area contributed by atoms with E-state index < -0.39 is 16.8 Å². The lowest BCUT2D eigenvalue weighted by atomic mass is 9.37. The standard InChI is InChI=1S/C40H62N2O4S.C2H7N/c1-37(2)31(28-9-11-29(12-10-28)36(43)44)15-19-39(4)34(37)17-20-38(3)32-16-21-40(18-7-8-33(40)30(32)13-14-35(38)39)41-22-23-42(5)24-26-47(45)27-25-46-6;1-3-2/h9-12,15,30,32-35,41H,7-8,13-14,16-27H2,1-6H3,(H,43,44);3H,1-2H3/t30?,32?,33-,34?,35?,38?,39?,40?,47?;/m1./s1. The van der Waals surface area contributed by atoms with E-state index in [1.54, 1.807) is 19.2 Å². The number of hydrogen-bond acceptors (Lipinski definition) is 6. The second-order valence-corrected chi connectivity index (χ2v) is 19.4. The van der Waals surface area contributed by atoms with Crippen molar-refractivity contribution < 1.29 is 18.8 Å². The topological polar surface area (TPSA) is 90.9 Å². The Bertz CT molecular complexity index is 1360. The van der Waals surface area contributed by atoms with Gasteiger partial charge in [-0.05, 0) is 148 Å². The number of nitrogens with zero attached hydrogens (tertiary/aromatic N) is 1. The van der Waals surface area contributed by atoms with Gasteiger partial charge in [0, 0.05) is 54.6 Å². The van der Waals surface area contributed by atoms with E-state index in [1.807, 2.05) is 26.2 Å². The van der Waals surface area contributed by atoms with E-state index in [9.17, 15) is 14.1 Å². The molecule has 0 aliphatic heterocycles. The van der Waals surface area contributed by atoms with Crippen molar-refractivity contribution in [3.63, 3.8) is 0 Å². The van der Waals surface area contributed by atoms with Gasteiger partial charge >= 0.3 is 5.97 Å². The van der Waals surface area contributed by atoms with Crippen LogP contribution in [0.15, 0.2) is 30.3 Å². The maximum atomic E-state index is 12.2. The number of rotatable bonds is 12. The van der Waals surface area contributed by atoms with Gasteiger partial charge in [-0.3, -0.25) is 4.21 Å². The number of likely N-dealkylation sites (N-methyl/N-ethyl adjacent to an activating group) is 1. The van der Waals surface area contributed by atoms with Crippen LogP contribution in [0.1, 0.15) is 108 Å². The molecule has 8 heteroatoms. The van der Waals surface area contributed by atoms with E-state index in [0.717, 1.165) is 55.5 Å². The Morgan fingerprint density at radius 1 is 0.920 bits per heavy atom. The molecule has 3 N–H and O–H groups in total. The fraction of sp³-hybridized carbons (Fsp3) is 0.786. The Hall–Kier alpha value is -1.58. The van der Waals surface area contributed by atoms with Crippen molar-refractivity contribution in [2.45, 2.75) is 97.4 Å². The Labute approximate surface area is 306 Å². The molecule has 0 heterocycles. The SMILES string of the molecule is CNC.COCCS(=O)CCN(C)CCNC12CCC[C@@H]1C1CCC3C(C)(CCC4C(C)(C)C(c5ccc(C(=O)O)cc5)=CCC43C)C1CC2. The van der Waals surface area contributed by atoms with E-state index in [-0.39, 0.29) is 5.41 Å². The lowest BCUT2D eigenvalue weighted by Gasteiger charge is -2.68. The van der Waals surface area contributed by atoms with Gasteiger partial charge in [-0.15, -0.1) is 0 Å². The molecule has 8 unspecified atom stereocenters. The number of hydrogen-bond donors (Lipinski definition) is 3. The van der Waals surface area contributed by atoms with Crippen molar-refractivity contribution >= 4 is 22.3 Å². The van der Waals surface area contributed by atoms with Crippen LogP contribution in [0.25, 0.3) is 5.57 Å². The van der Waals surface area contributed by atoms with Crippen LogP contribution in [0.4, 0.5) is 0 Å². The maximum absolute atomic E-state index is 12.2. The number of carboxylic acids is 1. The highest BCUT2D eigenvalue weighted by Gasteiger charge is 2.65. The van der Waals surface area contributed by atoms with E-state index in [4.69, 9.17) is 4.74 Å². The summed E-state index contributed by atoms with van der Waals surface area (Å²) in [4.78, 5) is 13.8. The van der Waals surface area contributed by atoms with Gasteiger partial charge in [-0.2, -0.15) is 0 Å². The first kappa shape index (κ1) is 39.6. The largest absolute Gasteiger partial charge is 0.478 e. The maximum Gasteiger partial charge on any atom is 0.335 e. The second-order valence-electron chi connectivity index (χ2n) is 17.7. The summed E-state index contributed by atoms with van der Waals surface area (Å²) in [5.74, 6) is 4.37. The highest BCUT2D eigenvalue weighted by Crippen LogP contribution is 2.72. The Kier molecular flexibility index (Phi) is 12.8. The predicted molar refractivity (Wildman–Crippen MR) is 208 cm³/mol. The summed E-state index contributed by atoms with van der Waals surface area (Å²) in [7, 11) is 6.80. The number of methoxy groups -OCH3 is 1. The highest BCUT2D eigenvalue weighted by molar-refractivity contribution is 7.85. The van der Waals surface area contributed by atoms with Crippen molar-refractivity contribution in [1.29, 1.82) is 0 Å². The number of carbonyl (C=O) groups is 1. The first-order chi connectivity index (χ1) is 23.8. The van der Waals surface area contributed by atoms with Gasteiger partial charge in [0.2, 0.25) is 0 Å². The number of aromatic carboxylic acids is 1. The molecule has 0 bridgehead atoms. The molecule has 7 nitrogen and oxygen atoms in total. The summed E-state index contributed by atoms with van der Waals surface area (Å²) in [5.41, 5.74) is 4.05. The molecular weight excluding hydrogens is 643 g/mol. The minimum atomic E-state index is -0.858. The van der Waals surface area contributed by atoms with E-state index in [0.29, 0.717) is 40.2 Å². The smallest absolute Gasteiger partial charge is 0.335 e. The molecular formula is C42H69N3O4S. The minimum Gasteiger partial charge on any atom is -0.478 e. The van der Waals surface area contributed by atoms with Gasteiger partial charge < -0.3 is 25.4 Å². The number of ether oxygens (including phenoxy) is 1. The number of fused-ring (bicyclic) bond motifs is 7. The number of carboxylic acid groups (broad SMARTS) is 1. The molecule has 0 radical (unpaired) electrons. The highest BCUT2D eigenvalue weighted by atomic mass is 32.2. The van der Waals surface area contributed by atoms with E-state index in [2.05, 4.69) is 56.4 Å². The zero-order valence-corrected chi connectivity index (χ0v) is 33.4. The summed E-state index contributed by atoms with van der Waals surface area (Å²) in [6.45, 7) is 13.8. The molecule has 282 valence electrons. The van der Waals surface area contributed by atoms with Gasteiger partial charge in [0.15, 0.2) is 0 Å². The van der Waals surface area contributed by atoms with Crippen LogP contribution >= 0.6 is 0 Å². The summed E-state index contributed by atoms with van der Waals surface area (Å²) in [5, 5.41) is 16.4. The van der Waals surface area contributed by atoms with Crippen molar-refractivity contribution in [1.82, 2.24) is 15.5 Å². The van der Waals surface area contributed by atoms with Crippen molar-refractivity contribution in [2.75, 3.05) is 66.0 Å². The third kappa shape index (κ3) is 7.58. The molecule has 4 fully saturated rings. The van der Waals surface area contributed by atoms with Crippen LogP contribution in [0.2, 0.25) is 0 Å². The summed E-state index contributed by atoms with van der Waals surface area (Å²) in [6.07, 6.45) is 15.9. The Morgan fingerprint density at radius 3 is 2.32 bits per heavy atom. The van der Waals surface area contributed by atoms with Crippen LogP contribution in [0.3, 0.4) is 0 Å². The third-order valence-electron chi connectivity index (χ3n) is 14.7. The van der Waals surface area contributed by atoms with E-state index in [1.165, 1.54) is 68.9 Å². The monoisotopic (exact) mass is 712 g/mol. The lowest BCUT2D eigenvalue weighted by molar-refractivity contribution is -0.172. The lowest BCUT2D eigenvalue weighted by Crippen LogP contribution is -2.63. The average molecular weight is 712 g/mol. The van der Waals surface area contributed by atoms with Crippen LogP contribution in [0, 0.1) is 45.8 Å². The first-order valence-corrected chi connectivity index (χ1v) is 21.2. The van der Waals surface area contributed by atoms with Crippen LogP contribution < -0.4 is 10.6 Å². The number of allylic oxidation sites excluding steroid dienone is 2. The molecule has 50 heavy (non-hydrogen) atoms. The quantitative estimate of drug-likeness (QED) is 0.209. The summed E-state index contributed by atoms with van der Waals surface area (Å²) >= 11 is 0. The fourth-order valence-electron chi connectivity index (χ4n) is 12.6. The third-order valence-corrected chi connectivity index (χ3v) is 16.0. The molecule has 0 spiro atoms. The van der Waals surface area contributed by atoms with Gasteiger partial charge in [0.25, 0.3) is 0 Å². The number of nitrogens with one attached hydrogen (secondary N) is 2. The summed E-state index contributed by atoms with van der Waals surface area (Å²) < 4.78 is 17.3. The van der Waals surface area contributed by atoms with Crippen molar-refractivity contribution in [2.24, 2.45) is 45.8 Å². The molecule has 5 aliphatic rings. The molecule has 0 amide bonds. The average Bonchev–Trinajstić information content (AvgIpc) is 3.51. The molecule has 0 aromatic heterocycles. The Balaban J connectivity index is 0.00000156. The zero-order chi connectivity index (χ0) is 36.3. The van der Waals surface area contributed by atoms with Gasteiger partial charge in [0.1, 0.15) is 0 Å².